The Balaban J connectivity index is 1.50. The van der Waals surface area contributed by atoms with E-state index in [4.69, 9.17) is 8.94 Å². The number of aryl methyl sites for hydroxylation is 1. The molecule has 0 radical (unpaired) electrons. The zero-order valence-corrected chi connectivity index (χ0v) is 12.8. The molecular weight excluding hydrogens is 318 g/mol. The van der Waals surface area contributed by atoms with Gasteiger partial charge >= 0.3 is 0 Å². The van der Waals surface area contributed by atoms with Gasteiger partial charge in [-0.3, -0.25) is 9.20 Å². The lowest BCUT2D eigenvalue weighted by Crippen LogP contribution is -2.25. The minimum absolute atomic E-state index is 0.153. The van der Waals surface area contributed by atoms with Crippen molar-refractivity contribution < 1.29 is 13.7 Å². The average molecular weight is 329 g/mol. The summed E-state index contributed by atoms with van der Waals surface area (Å²) in [5.41, 5.74) is 1.19. The number of furan rings is 1. The molecule has 0 aliphatic carbocycles. The number of thiazole rings is 1. The van der Waals surface area contributed by atoms with Crippen LogP contribution in [0.2, 0.25) is 0 Å². The first kappa shape index (κ1) is 13.7. The number of imidazole rings is 1. The molecule has 0 unspecified atom stereocenters. The fourth-order valence-corrected chi connectivity index (χ4v) is 3.00. The van der Waals surface area contributed by atoms with Crippen LogP contribution in [0.25, 0.3) is 16.6 Å². The molecule has 1 amide bonds. The van der Waals surface area contributed by atoms with Crippen molar-refractivity contribution >= 4 is 22.2 Å². The Hall–Kier alpha value is -2.94. The second-order valence-corrected chi connectivity index (χ2v) is 5.65. The van der Waals surface area contributed by atoms with Crippen LogP contribution in [0.1, 0.15) is 22.0 Å². The van der Waals surface area contributed by atoms with Crippen LogP contribution < -0.4 is 5.32 Å². The fraction of sp³-hybridized carbons (Fsp3) is 0.143. The summed E-state index contributed by atoms with van der Waals surface area (Å²) in [6, 6.07) is 3.45. The fourth-order valence-electron chi connectivity index (χ4n) is 2.24. The Kier molecular flexibility index (Phi) is 3.19. The van der Waals surface area contributed by atoms with E-state index in [-0.39, 0.29) is 18.3 Å². The molecule has 4 rings (SSSR count). The first-order chi connectivity index (χ1) is 11.2. The Bertz CT molecular complexity index is 966. The van der Waals surface area contributed by atoms with Crippen LogP contribution in [-0.4, -0.2) is 25.4 Å². The van der Waals surface area contributed by atoms with Crippen molar-refractivity contribution in [2.24, 2.45) is 0 Å². The molecule has 4 heterocycles. The van der Waals surface area contributed by atoms with Crippen molar-refractivity contribution in [3.63, 3.8) is 0 Å². The average Bonchev–Trinajstić information content (AvgIpc) is 3.28. The molecule has 0 aromatic carbocycles. The second kappa shape index (κ2) is 5.36. The van der Waals surface area contributed by atoms with Crippen LogP contribution >= 0.6 is 11.3 Å². The van der Waals surface area contributed by atoms with Crippen LogP contribution in [0.5, 0.6) is 0 Å². The largest absolute Gasteiger partial charge is 0.459 e. The van der Waals surface area contributed by atoms with Gasteiger partial charge in [0.2, 0.25) is 0 Å². The highest BCUT2D eigenvalue weighted by atomic mass is 32.1. The summed E-state index contributed by atoms with van der Waals surface area (Å²) in [6.07, 6.45) is 3.34. The van der Waals surface area contributed by atoms with Gasteiger partial charge in [-0.1, -0.05) is 5.16 Å². The Morgan fingerprint density at radius 1 is 1.43 bits per heavy atom. The number of hydrogen-bond acceptors (Lipinski definition) is 7. The Labute approximate surface area is 133 Å². The molecule has 0 aliphatic rings. The predicted molar refractivity (Wildman–Crippen MR) is 81.0 cm³/mol. The van der Waals surface area contributed by atoms with Crippen LogP contribution in [-0.2, 0) is 6.54 Å². The zero-order valence-electron chi connectivity index (χ0n) is 12.0. The molecule has 0 atom stereocenters. The van der Waals surface area contributed by atoms with E-state index in [0.29, 0.717) is 23.0 Å². The van der Waals surface area contributed by atoms with Gasteiger partial charge in [0.15, 0.2) is 16.5 Å². The van der Waals surface area contributed by atoms with Gasteiger partial charge < -0.3 is 14.3 Å². The minimum atomic E-state index is -0.238. The summed E-state index contributed by atoms with van der Waals surface area (Å²) in [4.78, 5) is 21.7. The number of rotatable bonds is 4. The van der Waals surface area contributed by atoms with E-state index in [1.165, 1.54) is 17.6 Å². The third-order valence-electron chi connectivity index (χ3n) is 3.26. The number of carbonyl (C=O) groups excluding carboxylic acids is 1. The molecule has 1 N–H and O–H groups in total. The third kappa shape index (κ3) is 2.40. The van der Waals surface area contributed by atoms with Gasteiger partial charge in [0.25, 0.3) is 11.8 Å². The van der Waals surface area contributed by atoms with Crippen molar-refractivity contribution in [3.05, 3.63) is 47.2 Å². The number of nitrogens with one attached hydrogen (secondary N) is 1. The van der Waals surface area contributed by atoms with E-state index in [0.717, 1.165) is 4.96 Å². The number of amides is 1. The summed E-state index contributed by atoms with van der Waals surface area (Å²) >= 11 is 1.48. The topological polar surface area (TPSA) is 98.5 Å². The molecule has 0 fully saturated rings. The van der Waals surface area contributed by atoms with Crippen LogP contribution in [0.4, 0.5) is 0 Å². The highest BCUT2D eigenvalue weighted by Gasteiger charge is 2.18. The van der Waals surface area contributed by atoms with Gasteiger partial charge in [0.05, 0.1) is 18.5 Å². The van der Waals surface area contributed by atoms with Crippen molar-refractivity contribution in [1.29, 1.82) is 0 Å². The van der Waals surface area contributed by atoms with Gasteiger partial charge in [-0.2, -0.15) is 4.98 Å². The number of carbonyl (C=O) groups is 1. The molecule has 9 heteroatoms. The molecule has 116 valence electrons. The van der Waals surface area contributed by atoms with E-state index in [9.17, 15) is 4.79 Å². The standard InChI is InChI=1S/C14H11N5O3S/c1-8-11(19-4-6-23-14(19)16-8)12(20)15-7-10-17-13(22-18-10)9-3-2-5-21-9/h2-6H,7H2,1H3,(H,15,20). The normalized spacial score (nSPS) is 11.2. The number of aromatic nitrogens is 4. The first-order valence-corrected chi connectivity index (χ1v) is 7.67. The smallest absolute Gasteiger partial charge is 0.293 e. The van der Waals surface area contributed by atoms with E-state index in [1.54, 1.807) is 23.5 Å². The van der Waals surface area contributed by atoms with E-state index in [1.807, 2.05) is 11.6 Å². The molecule has 0 aliphatic heterocycles. The van der Waals surface area contributed by atoms with Crippen molar-refractivity contribution in [2.75, 3.05) is 0 Å². The summed E-state index contributed by atoms with van der Waals surface area (Å²) in [7, 11) is 0. The van der Waals surface area contributed by atoms with Crippen LogP contribution in [0, 0.1) is 6.92 Å². The number of fused-ring (bicyclic) bond motifs is 1. The molecule has 0 bridgehead atoms. The van der Waals surface area contributed by atoms with Crippen molar-refractivity contribution in [1.82, 2.24) is 24.8 Å². The lowest BCUT2D eigenvalue weighted by Gasteiger charge is -2.02. The maximum absolute atomic E-state index is 12.4. The predicted octanol–water partition coefficient (Wildman–Crippen LogP) is 2.28. The number of nitrogens with zero attached hydrogens (tertiary/aromatic N) is 4. The number of hydrogen-bond donors (Lipinski definition) is 1. The summed E-state index contributed by atoms with van der Waals surface area (Å²) < 4.78 is 12.0. The van der Waals surface area contributed by atoms with E-state index >= 15 is 0 Å². The quantitative estimate of drug-likeness (QED) is 0.617. The molecule has 8 nitrogen and oxygen atoms in total. The summed E-state index contributed by atoms with van der Waals surface area (Å²) in [5, 5.41) is 8.47. The maximum atomic E-state index is 12.4. The van der Waals surface area contributed by atoms with E-state index < -0.39 is 0 Å². The van der Waals surface area contributed by atoms with Gasteiger partial charge in [-0.15, -0.1) is 11.3 Å². The molecule has 4 aromatic rings. The second-order valence-electron chi connectivity index (χ2n) is 4.78. The van der Waals surface area contributed by atoms with Gasteiger partial charge in [0, 0.05) is 11.6 Å². The Morgan fingerprint density at radius 2 is 2.35 bits per heavy atom. The monoisotopic (exact) mass is 329 g/mol. The maximum Gasteiger partial charge on any atom is 0.293 e. The molecule has 0 saturated heterocycles. The Morgan fingerprint density at radius 3 is 3.17 bits per heavy atom. The highest BCUT2D eigenvalue weighted by Crippen LogP contribution is 2.18. The molecule has 0 saturated carbocycles. The van der Waals surface area contributed by atoms with Crippen molar-refractivity contribution in [3.8, 4) is 11.7 Å². The molecule has 4 aromatic heterocycles. The van der Waals surface area contributed by atoms with Gasteiger partial charge in [0.1, 0.15) is 5.69 Å². The van der Waals surface area contributed by atoms with Crippen LogP contribution in [0.3, 0.4) is 0 Å². The van der Waals surface area contributed by atoms with Crippen molar-refractivity contribution in [2.45, 2.75) is 13.5 Å². The van der Waals surface area contributed by atoms with Crippen LogP contribution in [0.15, 0.2) is 38.9 Å². The highest BCUT2D eigenvalue weighted by molar-refractivity contribution is 7.15. The van der Waals surface area contributed by atoms with E-state index in [2.05, 4.69) is 20.4 Å². The summed E-state index contributed by atoms with van der Waals surface area (Å²) in [6.45, 7) is 1.96. The third-order valence-corrected chi connectivity index (χ3v) is 4.02. The molecule has 0 spiro atoms. The lowest BCUT2D eigenvalue weighted by molar-refractivity contribution is 0.0943. The first-order valence-electron chi connectivity index (χ1n) is 6.79. The molecule has 23 heavy (non-hydrogen) atoms. The van der Waals surface area contributed by atoms with Gasteiger partial charge in [-0.05, 0) is 19.1 Å². The zero-order chi connectivity index (χ0) is 15.8. The summed E-state index contributed by atoms with van der Waals surface area (Å²) in [5.74, 6) is 0.896. The lowest BCUT2D eigenvalue weighted by atomic mass is 10.3. The minimum Gasteiger partial charge on any atom is -0.459 e. The SMILES string of the molecule is Cc1nc2sccn2c1C(=O)NCc1noc(-c2ccco2)n1. The molecular formula is C14H11N5O3S. The van der Waals surface area contributed by atoms with Gasteiger partial charge in [-0.25, -0.2) is 4.98 Å².